The molecule has 2 unspecified atom stereocenters. The second-order valence-electron chi connectivity index (χ2n) is 4.80. The van der Waals surface area contributed by atoms with E-state index >= 15 is 0 Å². The van der Waals surface area contributed by atoms with Gasteiger partial charge < -0.3 is 5.73 Å². The minimum absolute atomic E-state index is 0.743. The van der Waals surface area contributed by atoms with Crippen LogP contribution in [-0.2, 0) is 7.05 Å². The Kier molecular flexibility index (Phi) is 1.50. The van der Waals surface area contributed by atoms with Gasteiger partial charge >= 0.3 is 0 Å². The summed E-state index contributed by atoms with van der Waals surface area (Å²) in [7, 11) is 1.93. The van der Waals surface area contributed by atoms with E-state index in [0.717, 1.165) is 23.6 Å². The van der Waals surface area contributed by atoms with E-state index in [1.807, 2.05) is 11.7 Å². The molecule has 1 aromatic rings. The van der Waals surface area contributed by atoms with Crippen LogP contribution in [-0.4, -0.2) is 9.78 Å². The Morgan fingerprint density at radius 2 is 2.00 bits per heavy atom. The Morgan fingerprint density at radius 1 is 1.36 bits per heavy atom. The second-order valence-corrected chi connectivity index (χ2v) is 4.80. The molecular weight excluding hydrogens is 174 g/mol. The van der Waals surface area contributed by atoms with Crippen LogP contribution >= 0.6 is 0 Å². The van der Waals surface area contributed by atoms with Crippen LogP contribution in [0, 0.1) is 18.8 Å². The van der Waals surface area contributed by atoms with Gasteiger partial charge in [0.2, 0.25) is 0 Å². The molecule has 2 N–H and O–H groups in total. The van der Waals surface area contributed by atoms with E-state index in [0.29, 0.717) is 0 Å². The molecule has 2 aliphatic rings. The van der Waals surface area contributed by atoms with E-state index < -0.39 is 0 Å². The van der Waals surface area contributed by atoms with Crippen LogP contribution in [0.15, 0.2) is 0 Å². The fourth-order valence-corrected chi connectivity index (χ4v) is 3.21. The number of nitrogen functional groups attached to an aromatic ring is 1. The lowest BCUT2D eigenvalue weighted by Crippen LogP contribution is -1.97. The number of rotatable bonds is 1. The molecule has 0 aromatic carbocycles. The van der Waals surface area contributed by atoms with Gasteiger partial charge in [-0.15, -0.1) is 0 Å². The van der Waals surface area contributed by atoms with Crippen molar-refractivity contribution in [3.05, 3.63) is 11.3 Å². The van der Waals surface area contributed by atoms with E-state index in [-0.39, 0.29) is 0 Å². The number of fused-ring (bicyclic) bond motifs is 1. The van der Waals surface area contributed by atoms with Crippen LogP contribution in [0.1, 0.15) is 36.4 Å². The molecule has 3 heteroatoms. The van der Waals surface area contributed by atoms with Crippen molar-refractivity contribution < 1.29 is 0 Å². The van der Waals surface area contributed by atoms with E-state index in [1.54, 1.807) is 0 Å². The van der Waals surface area contributed by atoms with Gasteiger partial charge in [0.25, 0.3) is 0 Å². The topological polar surface area (TPSA) is 43.8 Å². The molecular formula is C11H17N3. The lowest BCUT2D eigenvalue weighted by atomic mass is 10.1. The quantitative estimate of drug-likeness (QED) is 0.736. The number of aryl methyl sites for hydroxylation is 1. The lowest BCUT2D eigenvalue weighted by Gasteiger charge is -1.99. The molecule has 0 saturated heterocycles. The van der Waals surface area contributed by atoms with Gasteiger partial charge in [-0.1, -0.05) is 6.42 Å². The number of hydrogen-bond acceptors (Lipinski definition) is 2. The molecule has 3 rings (SSSR count). The molecule has 1 heterocycles. The molecule has 0 bridgehead atoms. The van der Waals surface area contributed by atoms with Crippen LogP contribution in [0.2, 0.25) is 0 Å². The van der Waals surface area contributed by atoms with E-state index in [4.69, 9.17) is 5.73 Å². The third-order valence-electron chi connectivity index (χ3n) is 4.10. The van der Waals surface area contributed by atoms with Gasteiger partial charge in [-0.2, -0.15) is 5.10 Å². The minimum Gasteiger partial charge on any atom is -0.384 e. The Labute approximate surface area is 84.3 Å². The summed E-state index contributed by atoms with van der Waals surface area (Å²) in [6, 6.07) is 0. The largest absolute Gasteiger partial charge is 0.384 e. The fraction of sp³-hybridized carbons (Fsp3) is 0.727. The average molecular weight is 191 g/mol. The standard InChI is InChI=1S/C11H17N3/c1-6-10(13-14(2)11(6)12)9-7-4-3-5-8(7)9/h7-9H,3-5,12H2,1-2H3. The second kappa shape index (κ2) is 2.53. The number of nitrogens with zero attached hydrogens (tertiary/aromatic N) is 2. The van der Waals surface area contributed by atoms with Gasteiger partial charge in [0, 0.05) is 18.5 Å². The predicted octanol–water partition coefficient (Wildman–Crippen LogP) is 1.82. The van der Waals surface area contributed by atoms with Gasteiger partial charge in [0.15, 0.2) is 0 Å². The highest BCUT2D eigenvalue weighted by Crippen LogP contribution is 2.63. The highest BCUT2D eigenvalue weighted by molar-refractivity contribution is 5.45. The molecule has 0 spiro atoms. The van der Waals surface area contributed by atoms with Crippen molar-refractivity contribution in [1.82, 2.24) is 9.78 Å². The van der Waals surface area contributed by atoms with E-state index in [9.17, 15) is 0 Å². The summed E-state index contributed by atoms with van der Waals surface area (Å²) in [4.78, 5) is 0. The molecule has 2 fully saturated rings. The molecule has 14 heavy (non-hydrogen) atoms. The molecule has 1 aromatic heterocycles. The molecule has 2 saturated carbocycles. The molecule has 0 amide bonds. The van der Waals surface area contributed by atoms with Crippen molar-refractivity contribution in [2.45, 2.75) is 32.1 Å². The average Bonchev–Trinajstić information content (AvgIpc) is 2.55. The van der Waals surface area contributed by atoms with Crippen molar-refractivity contribution in [3.63, 3.8) is 0 Å². The molecule has 0 radical (unpaired) electrons. The zero-order valence-electron chi connectivity index (χ0n) is 8.83. The molecule has 2 aliphatic carbocycles. The molecule has 0 aliphatic heterocycles. The van der Waals surface area contributed by atoms with Crippen LogP contribution in [0.25, 0.3) is 0 Å². The van der Waals surface area contributed by atoms with Gasteiger partial charge in [-0.25, -0.2) is 0 Å². The van der Waals surface area contributed by atoms with Crippen molar-refractivity contribution in [2.24, 2.45) is 18.9 Å². The Morgan fingerprint density at radius 3 is 2.50 bits per heavy atom. The van der Waals surface area contributed by atoms with Crippen LogP contribution in [0.5, 0.6) is 0 Å². The maximum Gasteiger partial charge on any atom is 0.124 e. The zero-order valence-corrected chi connectivity index (χ0v) is 8.83. The van der Waals surface area contributed by atoms with Crippen LogP contribution < -0.4 is 5.73 Å². The van der Waals surface area contributed by atoms with E-state index in [1.165, 1.54) is 30.5 Å². The summed E-state index contributed by atoms with van der Waals surface area (Å²) < 4.78 is 1.82. The summed E-state index contributed by atoms with van der Waals surface area (Å²) in [6.45, 7) is 2.10. The normalized spacial score (nSPS) is 34.6. The first-order valence-corrected chi connectivity index (χ1v) is 5.49. The van der Waals surface area contributed by atoms with E-state index in [2.05, 4.69) is 12.0 Å². The molecule has 2 atom stereocenters. The SMILES string of the molecule is Cc1c(C2C3CCCC32)nn(C)c1N. The summed E-state index contributed by atoms with van der Waals surface area (Å²) >= 11 is 0. The third-order valence-corrected chi connectivity index (χ3v) is 4.10. The van der Waals surface area contributed by atoms with Crippen LogP contribution in [0.3, 0.4) is 0 Å². The van der Waals surface area contributed by atoms with Gasteiger partial charge in [0.1, 0.15) is 5.82 Å². The number of nitrogens with two attached hydrogens (primary N) is 1. The zero-order chi connectivity index (χ0) is 9.87. The van der Waals surface area contributed by atoms with Gasteiger partial charge in [-0.3, -0.25) is 4.68 Å². The highest BCUT2D eigenvalue weighted by atomic mass is 15.3. The summed E-state index contributed by atoms with van der Waals surface area (Å²) in [5.41, 5.74) is 8.41. The fourth-order valence-electron chi connectivity index (χ4n) is 3.21. The smallest absolute Gasteiger partial charge is 0.124 e. The summed E-state index contributed by atoms with van der Waals surface area (Å²) in [5, 5.41) is 4.55. The summed E-state index contributed by atoms with van der Waals surface area (Å²) in [6.07, 6.45) is 4.24. The lowest BCUT2D eigenvalue weighted by molar-refractivity contribution is 0.653. The molecule has 3 nitrogen and oxygen atoms in total. The predicted molar refractivity (Wildman–Crippen MR) is 55.9 cm³/mol. The summed E-state index contributed by atoms with van der Waals surface area (Å²) in [5.74, 6) is 3.45. The Balaban J connectivity index is 1.95. The minimum atomic E-state index is 0.743. The monoisotopic (exact) mass is 191 g/mol. The Bertz CT molecular complexity index is 370. The van der Waals surface area contributed by atoms with Gasteiger partial charge in [0.05, 0.1) is 5.69 Å². The van der Waals surface area contributed by atoms with Crippen molar-refractivity contribution >= 4 is 5.82 Å². The third kappa shape index (κ3) is 0.900. The number of hydrogen-bond donors (Lipinski definition) is 1. The van der Waals surface area contributed by atoms with Crippen molar-refractivity contribution in [3.8, 4) is 0 Å². The maximum atomic E-state index is 5.92. The first-order valence-electron chi connectivity index (χ1n) is 5.49. The maximum absolute atomic E-state index is 5.92. The van der Waals surface area contributed by atoms with Gasteiger partial charge in [-0.05, 0) is 31.6 Å². The number of aromatic nitrogens is 2. The van der Waals surface area contributed by atoms with Crippen molar-refractivity contribution in [1.29, 1.82) is 0 Å². The van der Waals surface area contributed by atoms with Crippen LogP contribution in [0.4, 0.5) is 5.82 Å². The Hall–Kier alpha value is -0.990. The first-order chi connectivity index (χ1) is 6.70. The first kappa shape index (κ1) is 8.33. The molecule has 76 valence electrons. The number of anilines is 1. The van der Waals surface area contributed by atoms with Crippen molar-refractivity contribution in [2.75, 3.05) is 5.73 Å². The highest BCUT2D eigenvalue weighted by Gasteiger charge is 2.54.